The number of benzene rings is 1. The van der Waals surface area contributed by atoms with E-state index in [2.05, 4.69) is 4.98 Å². The Labute approximate surface area is 102 Å². The first-order valence-electron chi connectivity index (χ1n) is 5.21. The summed E-state index contributed by atoms with van der Waals surface area (Å²) in [5.74, 6) is -1.18. The smallest absolute Gasteiger partial charge is 0.136 e. The molecule has 1 aromatic carbocycles. The average molecular weight is 254 g/mol. The zero-order chi connectivity index (χ0) is 12.4. The van der Waals surface area contributed by atoms with E-state index in [-0.39, 0.29) is 6.04 Å². The van der Waals surface area contributed by atoms with Crippen molar-refractivity contribution < 1.29 is 8.78 Å². The minimum Gasteiger partial charge on any atom is -0.328 e. The number of hydrogen-bond donors (Lipinski definition) is 1. The van der Waals surface area contributed by atoms with E-state index < -0.39 is 11.6 Å². The molecule has 1 atom stereocenters. The second-order valence-corrected chi connectivity index (χ2v) is 4.81. The molecule has 17 heavy (non-hydrogen) atoms. The lowest BCUT2D eigenvalue weighted by Gasteiger charge is -2.00. The number of aromatic nitrogens is 1. The predicted molar refractivity (Wildman–Crippen MR) is 64.8 cm³/mol. The predicted octanol–water partition coefficient (Wildman–Crippen LogP) is 2.98. The van der Waals surface area contributed by atoms with E-state index in [4.69, 9.17) is 5.73 Å². The molecular weight excluding hydrogens is 242 g/mol. The van der Waals surface area contributed by atoms with Crippen LogP contribution in [0, 0.1) is 11.6 Å². The molecule has 5 heteroatoms. The quantitative estimate of drug-likeness (QED) is 0.914. The van der Waals surface area contributed by atoms with Crippen LogP contribution in [-0.2, 0) is 6.42 Å². The highest BCUT2D eigenvalue weighted by Crippen LogP contribution is 2.27. The molecule has 0 aliphatic rings. The normalized spacial score (nSPS) is 12.7. The van der Waals surface area contributed by atoms with E-state index in [0.717, 1.165) is 11.8 Å². The molecule has 0 amide bonds. The van der Waals surface area contributed by atoms with Gasteiger partial charge < -0.3 is 5.73 Å². The van der Waals surface area contributed by atoms with E-state index in [1.54, 1.807) is 0 Å². The third kappa shape index (κ3) is 2.87. The van der Waals surface area contributed by atoms with E-state index in [0.29, 0.717) is 17.0 Å². The van der Waals surface area contributed by atoms with Crippen molar-refractivity contribution >= 4 is 11.3 Å². The number of nitrogens with zero attached hydrogens (tertiary/aromatic N) is 1. The first-order chi connectivity index (χ1) is 8.06. The van der Waals surface area contributed by atoms with Gasteiger partial charge >= 0.3 is 0 Å². The number of rotatable bonds is 3. The highest BCUT2D eigenvalue weighted by atomic mass is 32.1. The fourth-order valence-corrected chi connectivity index (χ4v) is 2.38. The molecule has 0 saturated carbocycles. The molecule has 1 unspecified atom stereocenters. The van der Waals surface area contributed by atoms with Crippen LogP contribution in [0.3, 0.4) is 0 Å². The molecule has 0 radical (unpaired) electrons. The molecule has 2 N–H and O–H groups in total. The molecule has 2 rings (SSSR count). The fraction of sp³-hybridized carbons (Fsp3) is 0.250. The topological polar surface area (TPSA) is 38.9 Å². The lowest BCUT2D eigenvalue weighted by atomic mass is 10.2. The Hall–Kier alpha value is -1.33. The molecule has 0 spiro atoms. The Morgan fingerprint density at radius 1 is 1.41 bits per heavy atom. The SMILES string of the molecule is CC(N)Cc1csc(-c2ccc(F)cc2F)n1. The molecule has 0 saturated heterocycles. The van der Waals surface area contributed by atoms with Gasteiger partial charge in [-0.1, -0.05) is 0 Å². The van der Waals surface area contributed by atoms with Gasteiger partial charge in [0.05, 0.1) is 5.69 Å². The van der Waals surface area contributed by atoms with Gasteiger partial charge in [0.15, 0.2) is 0 Å². The summed E-state index contributed by atoms with van der Waals surface area (Å²) in [5.41, 5.74) is 6.83. The third-order valence-corrected chi connectivity index (χ3v) is 3.17. The van der Waals surface area contributed by atoms with Crippen LogP contribution in [0.1, 0.15) is 12.6 Å². The largest absolute Gasteiger partial charge is 0.328 e. The van der Waals surface area contributed by atoms with E-state index in [9.17, 15) is 8.78 Å². The standard InChI is InChI=1S/C12H12F2N2S/c1-7(15)4-9-6-17-12(16-9)10-3-2-8(13)5-11(10)14/h2-3,5-7H,4,15H2,1H3. The van der Waals surface area contributed by atoms with E-state index in [1.165, 1.54) is 23.5 Å². The molecular formula is C12H12F2N2S. The van der Waals surface area contributed by atoms with Gasteiger partial charge in [0.1, 0.15) is 16.6 Å². The highest BCUT2D eigenvalue weighted by molar-refractivity contribution is 7.13. The maximum absolute atomic E-state index is 13.5. The van der Waals surface area contributed by atoms with Gasteiger partial charge in [-0.25, -0.2) is 13.8 Å². The second-order valence-electron chi connectivity index (χ2n) is 3.95. The Kier molecular flexibility index (Phi) is 3.49. The summed E-state index contributed by atoms with van der Waals surface area (Å²) < 4.78 is 26.3. The molecule has 90 valence electrons. The molecule has 0 bridgehead atoms. The van der Waals surface area contributed by atoms with Crippen molar-refractivity contribution in [1.82, 2.24) is 4.98 Å². The summed E-state index contributed by atoms with van der Waals surface area (Å²) in [5, 5.41) is 2.40. The molecule has 2 aromatic rings. The summed E-state index contributed by atoms with van der Waals surface area (Å²) in [6, 6.07) is 3.51. The summed E-state index contributed by atoms with van der Waals surface area (Å²) in [7, 11) is 0. The minimum absolute atomic E-state index is 0.0167. The van der Waals surface area contributed by atoms with Gasteiger partial charge in [0.25, 0.3) is 0 Å². The monoisotopic (exact) mass is 254 g/mol. The molecule has 0 aliphatic carbocycles. The van der Waals surface area contributed by atoms with Gasteiger partial charge in [-0.2, -0.15) is 0 Å². The summed E-state index contributed by atoms with van der Waals surface area (Å²) >= 11 is 1.34. The van der Waals surface area contributed by atoms with Crippen LogP contribution in [0.5, 0.6) is 0 Å². The second kappa shape index (κ2) is 4.89. The van der Waals surface area contributed by atoms with Gasteiger partial charge in [0.2, 0.25) is 0 Å². The van der Waals surface area contributed by atoms with Crippen molar-refractivity contribution in [3.8, 4) is 10.6 Å². The number of nitrogens with two attached hydrogens (primary N) is 1. The van der Waals surface area contributed by atoms with Gasteiger partial charge in [-0.15, -0.1) is 11.3 Å². The minimum atomic E-state index is -0.591. The Bertz CT molecular complexity index is 523. The molecule has 2 nitrogen and oxygen atoms in total. The first-order valence-corrected chi connectivity index (χ1v) is 6.09. The van der Waals surface area contributed by atoms with Crippen molar-refractivity contribution in [2.24, 2.45) is 5.73 Å². The highest BCUT2D eigenvalue weighted by Gasteiger charge is 2.11. The first kappa shape index (κ1) is 12.1. The fourth-order valence-electron chi connectivity index (χ4n) is 1.52. The van der Waals surface area contributed by atoms with E-state index in [1.807, 2.05) is 12.3 Å². The van der Waals surface area contributed by atoms with Crippen LogP contribution in [0.2, 0.25) is 0 Å². The van der Waals surface area contributed by atoms with Crippen LogP contribution in [-0.4, -0.2) is 11.0 Å². The van der Waals surface area contributed by atoms with Crippen LogP contribution in [0.15, 0.2) is 23.6 Å². The lowest BCUT2D eigenvalue weighted by Crippen LogP contribution is -2.17. The number of hydrogen-bond acceptors (Lipinski definition) is 3. The van der Waals surface area contributed by atoms with Crippen molar-refractivity contribution in [2.75, 3.05) is 0 Å². The summed E-state index contributed by atoms with van der Waals surface area (Å²) in [6.07, 6.45) is 0.652. The molecule has 1 heterocycles. The third-order valence-electron chi connectivity index (χ3n) is 2.24. The van der Waals surface area contributed by atoms with Gasteiger partial charge in [0, 0.05) is 29.5 Å². The number of halogens is 2. The zero-order valence-corrected chi connectivity index (χ0v) is 10.1. The van der Waals surface area contributed by atoms with Crippen molar-refractivity contribution in [3.05, 3.63) is 40.9 Å². The lowest BCUT2D eigenvalue weighted by molar-refractivity contribution is 0.585. The Morgan fingerprint density at radius 2 is 2.18 bits per heavy atom. The Balaban J connectivity index is 2.30. The van der Waals surface area contributed by atoms with Crippen molar-refractivity contribution in [1.29, 1.82) is 0 Å². The summed E-state index contributed by atoms with van der Waals surface area (Å²) in [6.45, 7) is 1.89. The average Bonchev–Trinajstić information content (AvgIpc) is 2.65. The molecule has 0 aliphatic heterocycles. The van der Waals surface area contributed by atoms with Crippen LogP contribution >= 0.6 is 11.3 Å². The van der Waals surface area contributed by atoms with Crippen LogP contribution in [0.25, 0.3) is 10.6 Å². The van der Waals surface area contributed by atoms with Gasteiger partial charge in [-0.3, -0.25) is 0 Å². The zero-order valence-electron chi connectivity index (χ0n) is 9.28. The molecule has 0 fully saturated rings. The van der Waals surface area contributed by atoms with Gasteiger partial charge in [-0.05, 0) is 19.1 Å². The maximum Gasteiger partial charge on any atom is 0.136 e. The summed E-state index contributed by atoms with van der Waals surface area (Å²) in [4.78, 5) is 4.29. The maximum atomic E-state index is 13.5. The van der Waals surface area contributed by atoms with Crippen LogP contribution < -0.4 is 5.73 Å². The number of thiazole rings is 1. The molecule has 1 aromatic heterocycles. The van der Waals surface area contributed by atoms with Crippen LogP contribution in [0.4, 0.5) is 8.78 Å². The van der Waals surface area contributed by atoms with E-state index >= 15 is 0 Å². The van der Waals surface area contributed by atoms with Crippen molar-refractivity contribution in [3.63, 3.8) is 0 Å². The Morgan fingerprint density at radius 3 is 2.82 bits per heavy atom. The van der Waals surface area contributed by atoms with Crippen molar-refractivity contribution in [2.45, 2.75) is 19.4 Å².